The molecule has 0 unspecified atom stereocenters. The predicted octanol–water partition coefficient (Wildman–Crippen LogP) is 10.2. The van der Waals surface area contributed by atoms with Crippen molar-refractivity contribution in [1.82, 2.24) is 4.98 Å². The van der Waals surface area contributed by atoms with Crippen LogP contribution in [0.5, 0.6) is 11.5 Å². The van der Waals surface area contributed by atoms with Gasteiger partial charge in [-0.15, -0.1) is 0 Å². The second-order valence-electron chi connectivity index (χ2n) is 9.94. The van der Waals surface area contributed by atoms with Crippen LogP contribution < -0.4 is 4.74 Å². The van der Waals surface area contributed by atoms with Crippen LogP contribution in [0.3, 0.4) is 0 Å². The van der Waals surface area contributed by atoms with Crippen molar-refractivity contribution in [2.24, 2.45) is 0 Å². The molecule has 0 spiro atoms. The highest BCUT2D eigenvalue weighted by molar-refractivity contribution is 6.17. The van der Waals surface area contributed by atoms with Gasteiger partial charge in [-0.3, -0.25) is 0 Å². The van der Waals surface area contributed by atoms with E-state index in [1.165, 1.54) is 11.1 Å². The number of benzene rings is 6. The molecule has 0 atom stereocenters. The Balaban J connectivity index is 1.47. The van der Waals surface area contributed by atoms with Crippen molar-refractivity contribution in [2.45, 2.75) is 0 Å². The second-order valence-corrected chi connectivity index (χ2v) is 9.94. The number of aromatic nitrogens is 1. The lowest BCUT2D eigenvalue weighted by Crippen LogP contribution is -2.03. The Labute approximate surface area is 226 Å². The average molecular weight is 498 g/mol. The van der Waals surface area contributed by atoms with Crippen molar-refractivity contribution >= 4 is 21.7 Å². The van der Waals surface area contributed by atoms with Crippen LogP contribution in [0.15, 0.2) is 140 Å². The van der Waals surface area contributed by atoms with E-state index in [-0.39, 0.29) is 0 Å². The van der Waals surface area contributed by atoms with Crippen LogP contribution in [0.1, 0.15) is 0 Å². The molecular weight excluding hydrogens is 474 g/mol. The summed E-state index contributed by atoms with van der Waals surface area (Å²) in [4.78, 5) is 5.30. The number of hydrogen-bond acceptors (Lipinski definition) is 2. The third-order valence-electron chi connectivity index (χ3n) is 7.66. The number of ether oxygens (including phenoxy) is 1. The summed E-state index contributed by atoms with van der Waals surface area (Å²) >= 11 is 0. The number of rotatable bonds is 3. The lowest BCUT2D eigenvalue weighted by Gasteiger charge is -2.26. The van der Waals surface area contributed by atoms with Crippen molar-refractivity contribution < 1.29 is 4.74 Å². The summed E-state index contributed by atoms with van der Waals surface area (Å²) in [7, 11) is 0. The fourth-order valence-corrected chi connectivity index (χ4v) is 5.80. The molecule has 0 fully saturated rings. The van der Waals surface area contributed by atoms with Crippen molar-refractivity contribution in [3.8, 4) is 56.1 Å². The first-order chi connectivity index (χ1) is 19.3. The van der Waals surface area contributed by atoms with Gasteiger partial charge in [0.05, 0.1) is 16.6 Å². The van der Waals surface area contributed by atoms with Gasteiger partial charge in [0.25, 0.3) is 0 Å². The van der Waals surface area contributed by atoms with E-state index in [4.69, 9.17) is 9.72 Å². The maximum Gasteiger partial charge on any atom is 0.145 e. The number of fused-ring (bicyclic) bond motifs is 4. The molecule has 1 aliphatic heterocycles. The van der Waals surface area contributed by atoms with E-state index >= 15 is 0 Å². The number of para-hydroxylation sites is 1. The molecule has 0 saturated heterocycles. The van der Waals surface area contributed by atoms with Gasteiger partial charge in [0.1, 0.15) is 11.5 Å². The normalized spacial score (nSPS) is 11.8. The van der Waals surface area contributed by atoms with Crippen molar-refractivity contribution in [3.05, 3.63) is 140 Å². The zero-order valence-electron chi connectivity index (χ0n) is 21.1. The zero-order chi connectivity index (χ0) is 25.8. The standard InChI is InChI=1S/C37H23NO/c1-4-11-24(12-5-1)27-19-22-33-32(23-27)30-21-20-29(26-15-8-3-9-16-26)37-34(30)35(38-33)31-18-10-17-28(36(31)39-37)25-13-6-2-7-14-25/h1-23H. The number of hydrogen-bond donors (Lipinski definition) is 0. The average Bonchev–Trinajstić information content (AvgIpc) is 3.02. The Morgan fingerprint density at radius 1 is 0.410 bits per heavy atom. The Bertz CT molecular complexity index is 2010. The van der Waals surface area contributed by atoms with Gasteiger partial charge in [0.15, 0.2) is 0 Å². The van der Waals surface area contributed by atoms with Crippen LogP contribution >= 0.6 is 0 Å². The predicted molar refractivity (Wildman–Crippen MR) is 161 cm³/mol. The summed E-state index contributed by atoms with van der Waals surface area (Å²) in [6.07, 6.45) is 0. The highest BCUT2D eigenvalue weighted by Gasteiger charge is 2.28. The van der Waals surface area contributed by atoms with Crippen molar-refractivity contribution in [2.75, 3.05) is 0 Å². The van der Waals surface area contributed by atoms with E-state index in [0.29, 0.717) is 0 Å². The Kier molecular flexibility index (Phi) is 4.86. The molecule has 0 bridgehead atoms. The monoisotopic (exact) mass is 497 g/mol. The van der Waals surface area contributed by atoms with Gasteiger partial charge in [-0.25, -0.2) is 4.98 Å². The van der Waals surface area contributed by atoms with Crippen LogP contribution in [0.25, 0.3) is 66.3 Å². The molecular formula is C37H23NO. The third kappa shape index (κ3) is 3.46. The molecule has 0 amide bonds. The summed E-state index contributed by atoms with van der Waals surface area (Å²) < 4.78 is 6.94. The van der Waals surface area contributed by atoms with E-state index in [0.717, 1.165) is 66.7 Å². The van der Waals surface area contributed by atoms with Crippen molar-refractivity contribution in [3.63, 3.8) is 0 Å². The minimum atomic E-state index is 0.855. The van der Waals surface area contributed by atoms with Crippen LogP contribution in [0.2, 0.25) is 0 Å². The minimum Gasteiger partial charge on any atom is -0.455 e. The molecule has 8 rings (SSSR count). The summed E-state index contributed by atoms with van der Waals surface area (Å²) in [5, 5.41) is 3.34. The quantitative estimate of drug-likeness (QED) is 0.227. The van der Waals surface area contributed by atoms with Gasteiger partial charge in [-0.2, -0.15) is 0 Å². The SMILES string of the molecule is c1ccc(-c2ccc3nc4c5c(c(-c6ccccc6)ccc5c3c2)Oc2c(-c3ccccc3)cccc2-4)cc1. The van der Waals surface area contributed by atoms with Gasteiger partial charge in [0.2, 0.25) is 0 Å². The molecule has 0 saturated carbocycles. The minimum absolute atomic E-state index is 0.855. The Morgan fingerprint density at radius 2 is 1.03 bits per heavy atom. The molecule has 6 aromatic carbocycles. The maximum absolute atomic E-state index is 6.94. The van der Waals surface area contributed by atoms with Crippen LogP contribution in [-0.2, 0) is 0 Å². The molecule has 0 aliphatic carbocycles. The van der Waals surface area contributed by atoms with Gasteiger partial charge < -0.3 is 4.74 Å². The van der Waals surface area contributed by atoms with Gasteiger partial charge in [0, 0.05) is 22.1 Å². The largest absolute Gasteiger partial charge is 0.455 e. The van der Waals surface area contributed by atoms with E-state index in [9.17, 15) is 0 Å². The smallest absolute Gasteiger partial charge is 0.145 e. The number of nitrogens with zero attached hydrogens (tertiary/aromatic N) is 1. The molecule has 1 aromatic heterocycles. The highest BCUT2D eigenvalue weighted by Crippen LogP contribution is 2.53. The fourth-order valence-electron chi connectivity index (χ4n) is 5.80. The molecule has 0 radical (unpaired) electrons. The van der Waals surface area contributed by atoms with E-state index < -0.39 is 0 Å². The molecule has 7 aromatic rings. The first kappa shape index (κ1) is 21.8. The molecule has 39 heavy (non-hydrogen) atoms. The van der Waals surface area contributed by atoms with Gasteiger partial charge >= 0.3 is 0 Å². The topological polar surface area (TPSA) is 22.1 Å². The molecule has 2 nitrogen and oxygen atoms in total. The maximum atomic E-state index is 6.94. The van der Waals surface area contributed by atoms with Gasteiger partial charge in [-0.05, 0) is 51.9 Å². The zero-order valence-corrected chi connectivity index (χ0v) is 21.1. The molecule has 0 N–H and O–H groups in total. The Morgan fingerprint density at radius 3 is 1.72 bits per heavy atom. The summed E-state index contributed by atoms with van der Waals surface area (Å²) in [6, 6.07) is 48.8. The highest BCUT2D eigenvalue weighted by atomic mass is 16.5. The van der Waals surface area contributed by atoms with E-state index in [2.05, 4.69) is 127 Å². The second kappa shape index (κ2) is 8.68. The summed E-state index contributed by atoms with van der Waals surface area (Å²) in [5.41, 5.74) is 9.72. The lowest BCUT2D eigenvalue weighted by molar-refractivity contribution is 0.490. The number of pyridine rings is 1. The van der Waals surface area contributed by atoms with Crippen molar-refractivity contribution in [1.29, 1.82) is 0 Å². The van der Waals surface area contributed by atoms with Crippen LogP contribution in [0, 0.1) is 0 Å². The molecule has 2 heterocycles. The molecule has 1 aliphatic rings. The molecule has 2 heteroatoms. The third-order valence-corrected chi connectivity index (χ3v) is 7.66. The lowest BCUT2D eigenvalue weighted by atomic mass is 9.90. The Hall–Kier alpha value is -5.21. The summed E-state index contributed by atoms with van der Waals surface area (Å²) in [6.45, 7) is 0. The first-order valence-electron chi connectivity index (χ1n) is 13.2. The van der Waals surface area contributed by atoms with Crippen LogP contribution in [-0.4, -0.2) is 4.98 Å². The van der Waals surface area contributed by atoms with E-state index in [1.807, 2.05) is 12.1 Å². The van der Waals surface area contributed by atoms with E-state index in [1.54, 1.807) is 0 Å². The van der Waals surface area contributed by atoms with Gasteiger partial charge in [-0.1, -0.05) is 115 Å². The first-order valence-corrected chi connectivity index (χ1v) is 13.2. The fraction of sp³-hybridized carbons (Fsp3) is 0. The van der Waals surface area contributed by atoms with Crippen LogP contribution in [0.4, 0.5) is 0 Å². The molecule has 182 valence electrons. The summed E-state index contributed by atoms with van der Waals surface area (Å²) in [5.74, 6) is 1.72.